The molecule has 0 saturated heterocycles. The largest absolute Gasteiger partial charge is 0.322 e. The van der Waals surface area contributed by atoms with E-state index in [4.69, 9.17) is 0 Å². The van der Waals surface area contributed by atoms with Gasteiger partial charge in [-0.2, -0.15) is 0 Å². The molecule has 2 heterocycles. The Hall–Kier alpha value is -2.52. The summed E-state index contributed by atoms with van der Waals surface area (Å²) in [5.41, 5.74) is 1.76. The number of carbonyl (C=O) groups is 1. The van der Waals surface area contributed by atoms with Gasteiger partial charge in [0.25, 0.3) is 5.91 Å². The lowest BCUT2D eigenvalue weighted by atomic mass is 10.2. The zero-order valence-corrected chi connectivity index (χ0v) is 13.6. The highest BCUT2D eigenvalue weighted by Crippen LogP contribution is 2.29. The van der Waals surface area contributed by atoms with Gasteiger partial charge in [-0.05, 0) is 30.3 Å². The minimum absolute atomic E-state index is 0.245. The van der Waals surface area contributed by atoms with Crippen LogP contribution in [-0.2, 0) is 10.0 Å². The molecule has 0 radical (unpaired) electrons. The number of amides is 1. The molecule has 2 N–H and O–H groups in total. The number of thiazole rings is 1. The van der Waals surface area contributed by atoms with Gasteiger partial charge in [0.05, 0.1) is 16.5 Å². The minimum Gasteiger partial charge on any atom is -0.322 e. The van der Waals surface area contributed by atoms with Crippen LogP contribution in [-0.4, -0.2) is 30.5 Å². The number of nitrogens with zero attached hydrogens (tertiary/aromatic N) is 2. The van der Waals surface area contributed by atoms with Crippen molar-refractivity contribution in [2.24, 2.45) is 0 Å². The SMILES string of the molecule is CS(=O)(=O)Nc1nc2ccc(NC(=O)c3ccncc3)cc2s1. The van der Waals surface area contributed by atoms with Crippen molar-refractivity contribution in [3.05, 3.63) is 48.3 Å². The van der Waals surface area contributed by atoms with E-state index in [9.17, 15) is 13.2 Å². The average molecular weight is 348 g/mol. The van der Waals surface area contributed by atoms with Crippen molar-refractivity contribution in [1.82, 2.24) is 9.97 Å². The van der Waals surface area contributed by atoms with Gasteiger partial charge in [0.2, 0.25) is 10.0 Å². The molecule has 23 heavy (non-hydrogen) atoms. The summed E-state index contributed by atoms with van der Waals surface area (Å²) >= 11 is 1.20. The molecule has 0 spiro atoms. The van der Waals surface area contributed by atoms with Crippen LogP contribution in [0.3, 0.4) is 0 Å². The Balaban J connectivity index is 1.84. The third-order valence-electron chi connectivity index (χ3n) is 2.86. The van der Waals surface area contributed by atoms with Gasteiger partial charge < -0.3 is 5.32 Å². The van der Waals surface area contributed by atoms with E-state index in [1.807, 2.05) is 0 Å². The first-order chi connectivity index (χ1) is 10.9. The Morgan fingerprint density at radius 3 is 2.61 bits per heavy atom. The fourth-order valence-electron chi connectivity index (χ4n) is 1.91. The van der Waals surface area contributed by atoms with Crippen LogP contribution < -0.4 is 10.0 Å². The Bertz CT molecular complexity index is 968. The van der Waals surface area contributed by atoms with Crippen LogP contribution >= 0.6 is 11.3 Å². The molecule has 0 unspecified atom stereocenters. The quantitative estimate of drug-likeness (QED) is 0.753. The zero-order chi connectivity index (χ0) is 16.4. The van der Waals surface area contributed by atoms with Crippen LogP contribution in [0.2, 0.25) is 0 Å². The molecule has 0 aliphatic carbocycles. The molecule has 0 bridgehead atoms. The number of rotatable bonds is 4. The monoisotopic (exact) mass is 348 g/mol. The van der Waals surface area contributed by atoms with E-state index in [0.29, 0.717) is 21.9 Å². The normalized spacial score (nSPS) is 11.3. The number of aromatic nitrogens is 2. The Morgan fingerprint density at radius 1 is 1.17 bits per heavy atom. The number of nitrogens with one attached hydrogen (secondary N) is 2. The number of fused-ring (bicyclic) bond motifs is 1. The van der Waals surface area contributed by atoms with Gasteiger partial charge in [-0.3, -0.25) is 14.5 Å². The van der Waals surface area contributed by atoms with Crippen molar-refractivity contribution in [3.8, 4) is 0 Å². The standard InChI is InChI=1S/C14H12N4O3S2/c1-23(20,21)18-14-17-11-3-2-10(8-12(11)22-14)16-13(19)9-4-6-15-7-5-9/h2-8H,1H3,(H,16,19)(H,17,18). The number of sulfonamides is 1. The van der Waals surface area contributed by atoms with Crippen LogP contribution in [0, 0.1) is 0 Å². The minimum atomic E-state index is -3.37. The molecule has 1 aromatic carbocycles. The summed E-state index contributed by atoms with van der Waals surface area (Å²) in [6.07, 6.45) is 4.16. The summed E-state index contributed by atoms with van der Waals surface area (Å²) in [4.78, 5) is 20.1. The van der Waals surface area contributed by atoms with Gasteiger partial charge >= 0.3 is 0 Å². The highest BCUT2D eigenvalue weighted by atomic mass is 32.2. The molecule has 3 aromatic rings. The van der Waals surface area contributed by atoms with Crippen LogP contribution in [0.4, 0.5) is 10.8 Å². The molecule has 0 aliphatic rings. The van der Waals surface area contributed by atoms with E-state index in [0.717, 1.165) is 11.0 Å². The maximum absolute atomic E-state index is 12.1. The molecule has 0 aliphatic heterocycles. The molecule has 0 saturated carbocycles. The van der Waals surface area contributed by atoms with Gasteiger partial charge in [0.15, 0.2) is 5.13 Å². The highest BCUT2D eigenvalue weighted by Gasteiger charge is 2.10. The van der Waals surface area contributed by atoms with Crippen LogP contribution in [0.15, 0.2) is 42.7 Å². The fraction of sp³-hybridized carbons (Fsp3) is 0.0714. The average Bonchev–Trinajstić information content (AvgIpc) is 2.87. The lowest BCUT2D eigenvalue weighted by Gasteiger charge is -2.04. The third-order valence-corrected chi connectivity index (χ3v) is 4.49. The second-order valence-electron chi connectivity index (χ2n) is 4.77. The van der Waals surface area contributed by atoms with E-state index in [1.54, 1.807) is 42.7 Å². The van der Waals surface area contributed by atoms with Crippen molar-refractivity contribution < 1.29 is 13.2 Å². The van der Waals surface area contributed by atoms with Crippen molar-refractivity contribution in [3.63, 3.8) is 0 Å². The number of anilines is 2. The number of hydrogen-bond donors (Lipinski definition) is 2. The predicted octanol–water partition coefficient (Wildman–Crippen LogP) is 2.32. The fourth-order valence-corrected chi connectivity index (χ4v) is 3.65. The first kappa shape index (κ1) is 15.4. The molecular weight excluding hydrogens is 336 g/mol. The van der Waals surface area contributed by atoms with Gasteiger partial charge in [0, 0.05) is 23.6 Å². The second kappa shape index (κ2) is 5.94. The molecule has 0 atom stereocenters. The Kier molecular flexibility index (Phi) is 3.97. The van der Waals surface area contributed by atoms with E-state index < -0.39 is 10.0 Å². The van der Waals surface area contributed by atoms with Gasteiger partial charge in [-0.25, -0.2) is 13.4 Å². The van der Waals surface area contributed by atoms with E-state index in [-0.39, 0.29) is 5.91 Å². The summed E-state index contributed by atoms with van der Waals surface area (Å²) in [6.45, 7) is 0. The zero-order valence-electron chi connectivity index (χ0n) is 12.0. The predicted molar refractivity (Wildman–Crippen MR) is 90.3 cm³/mol. The summed E-state index contributed by atoms with van der Waals surface area (Å²) < 4.78 is 25.6. The topological polar surface area (TPSA) is 101 Å². The van der Waals surface area contributed by atoms with Crippen LogP contribution in [0.25, 0.3) is 10.2 Å². The highest BCUT2D eigenvalue weighted by molar-refractivity contribution is 7.92. The summed E-state index contributed by atoms with van der Waals surface area (Å²) in [5.74, 6) is -0.245. The molecule has 7 nitrogen and oxygen atoms in total. The van der Waals surface area contributed by atoms with Crippen molar-refractivity contribution in [2.75, 3.05) is 16.3 Å². The molecule has 118 valence electrons. The van der Waals surface area contributed by atoms with Crippen molar-refractivity contribution >= 4 is 48.3 Å². The number of pyridine rings is 1. The second-order valence-corrected chi connectivity index (χ2v) is 7.54. The lowest BCUT2D eigenvalue weighted by molar-refractivity contribution is 0.102. The molecular formula is C14H12N4O3S2. The Labute approximate surface area is 136 Å². The lowest BCUT2D eigenvalue weighted by Crippen LogP contribution is -2.11. The maximum Gasteiger partial charge on any atom is 0.255 e. The van der Waals surface area contributed by atoms with E-state index in [2.05, 4.69) is 20.0 Å². The van der Waals surface area contributed by atoms with Gasteiger partial charge in [0.1, 0.15) is 0 Å². The smallest absolute Gasteiger partial charge is 0.255 e. The summed E-state index contributed by atoms with van der Waals surface area (Å²) in [7, 11) is -3.37. The third kappa shape index (κ3) is 3.82. The van der Waals surface area contributed by atoms with Crippen molar-refractivity contribution in [2.45, 2.75) is 0 Å². The Morgan fingerprint density at radius 2 is 1.91 bits per heavy atom. The first-order valence-corrected chi connectivity index (χ1v) is 9.21. The van der Waals surface area contributed by atoms with E-state index in [1.165, 1.54) is 11.3 Å². The van der Waals surface area contributed by atoms with Gasteiger partial charge in [-0.1, -0.05) is 11.3 Å². The van der Waals surface area contributed by atoms with Gasteiger partial charge in [-0.15, -0.1) is 0 Å². The summed E-state index contributed by atoms with van der Waals surface area (Å²) in [6, 6.07) is 8.43. The van der Waals surface area contributed by atoms with E-state index >= 15 is 0 Å². The van der Waals surface area contributed by atoms with Crippen LogP contribution in [0.1, 0.15) is 10.4 Å². The molecule has 9 heteroatoms. The summed E-state index contributed by atoms with van der Waals surface area (Å²) in [5, 5.41) is 3.07. The number of carbonyl (C=O) groups excluding carboxylic acids is 1. The number of hydrogen-bond acceptors (Lipinski definition) is 6. The van der Waals surface area contributed by atoms with Crippen molar-refractivity contribution in [1.29, 1.82) is 0 Å². The first-order valence-electron chi connectivity index (χ1n) is 6.50. The molecule has 1 amide bonds. The molecule has 3 rings (SSSR count). The number of benzene rings is 1. The molecule has 0 fully saturated rings. The molecule has 2 aromatic heterocycles. The maximum atomic E-state index is 12.1. The van der Waals surface area contributed by atoms with Crippen LogP contribution in [0.5, 0.6) is 0 Å².